The van der Waals surface area contributed by atoms with Gasteiger partial charge < -0.3 is 4.74 Å². The van der Waals surface area contributed by atoms with E-state index < -0.39 is 0 Å². The largest absolute Gasteiger partial charge is 0.492 e. The first-order chi connectivity index (χ1) is 10.7. The van der Waals surface area contributed by atoms with Gasteiger partial charge in [0, 0.05) is 4.88 Å². The number of fused-ring (bicyclic) bond motifs is 1. The van der Waals surface area contributed by atoms with Crippen LogP contribution in [0.4, 0.5) is 0 Å². The minimum atomic E-state index is 0.00814. The molecule has 0 unspecified atom stereocenters. The normalized spacial score (nSPS) is 11.0. The number of ether oxygens (including phenoxy) is 1. The molecule has 22 heavy (non-hydrogen) atoms. The van der Waals surface area contributed by atoms with E-state index in [1.165, 1.54) is 4.88 Å². The number of hydrogen-bond acceptors (Lipinski definition) is 4. The van der Waals surface area contributed by atoms with E-state index in [1.54, 1.807) is 22.2 Å². The van der Waals surface area contributed by atoms with Crippen LogP contribution in [0.5, 0.6) is 5.75 Å². The van der Waals surface area contributed by atoms with E-state index >= 15 is 0 Å². The Hall–Kier alpha value is -2.14. The molecule has 0 spiro atoms. The van der Waals surface area contributed by atoms with Crippen LogP contribution in [0.25, 0.3) is 10.2 Å². The maximum Gasteiger partial charge on any atom is 0.262 e. The topological polar surface area (TPSA) is 44.1 Å². The summed E-state index contributed by atoms with van der Waals surface area (Å²) in [5, 5.41) is 0.708. The van der Waals surface area contributed by atoms with Gasteiger partial charge in [-0.2, -0.15) is 0 Å². The molecule has 0 aliphatic heterocycles. The van der Waals surface area contributed by atoms with Crippen LogP contribution in [0.2, 0.25) is 0 Å². The lowest BCUT2D eigenvalue weighted by atomic mass is 10.2. The van der Waals surface area contributed by atoms with Crippen molar-refractivity contribution in [1.82, 2.24) is 9.55 Å². The number of hydrogen-bond donors (Lipinski definition) is 0. The minimum absolute atomic E-state index is 0.00814. The lowest BCUT2D eigenvalue weighted by Gasteiger charge is -2.08. The molecule has 0 N–H and O–H groups in total. The third kappa shape index (κ3) is 3.04. The molecule has 0 amide bonds. The van der Waals surface area contributed by atoms with Crippen molar-refractivity contribution in [2.24, 2.45) is 0 Å². The Morgan fingerprint density at radius 2 is 2.18 bits per heavy atom. The molecule has 0 saturated carbocycles. The highest BCUT2D eigenvalue weighted by molar-refractivity contribution is 7.18. The van der Waals surface area contributed by atoms with Crippen LogP contribution in [-0.4, -0.2) is 16.2 Å². The zero-order chi connectivity index (χ0) is 15.5. The van der Waals surface area contributed by atoms with Gasteiger partial charge in [-0.1, -0.05) is 19.1 Å². The van der Waals surface area contributed by atoms with Gasteiger partial charge in [-0.3, -0.25) is 9.36 Å². The Morgan fingerprint density at radius 3 is 2.95 bits per heavy atom. The van der Waals surface area contributed by atoms with Crippen LogP contribution < -0.4 is 10.3 Å². The van der Waals surface area contributed by atoms with Crippen LogP contribution in [0.1, 0.15) is 17.4 Å². The van der Waals surface area contributed by atoms with Crippen molar-refractivity contribution in [3.05, 3.63) is 57.5 Å². The minimum Gasteiger partial charge on any atom is -0.492 e. The number of aryl methyl sites for hydroxylation is 2. The molecular formula is C17H18N2O2S. The Labute approximate surface area is 133 Å². The number of thiophene rings is 1. The molecule has 5 heteroatoms. The van der Waals surface area contributed by atoms with Gasteiger partial charge in [0.05, 0.1) is 18.3 Å². The molecule has 4 nitrogen and oxygen atoms in total. The molecule has 114 valence electrons. The quantitative estimate of drug-likeness (QED) is 0.725. The Balaban J connectivity index is 1.74. The van der Waals surface area contributed by atoms with Crippen LogP contribution in [0.15, 0.2) is 41.5 Å². The van der Waals surface area contributed by atoms with Crippen LogP contribution >= 0.6 is 11.3 Å². The van der Waals surface area contributed by atoms with Crippen LogP contribution in [-0.2, 0) is 13.0 Å². The average Bonchev–Trinajstić information content (AvgIpc) is 2.94. The first-order valence-corrected chi connectivity index (χ1v) is 8.16. The molecule has 2 heterocycles. The second kappa shape index (κ2) is 6.32. The van der Waals surface area contributed by atoms with Crippen molar-refractivity contribution in [3.63, 3.8) is 0 Å². The van der Waals surface area contributed by atoms with Gasteiger partial charge >= 0.3 is 0 Å². The molecule has 0 saturated heterocycles. The van der Waals surface area contributed by atoms with Gasteiger partial charge in [0.25, 0.3) is 5.56 Å². The van der Waals surface area contributed by atoms with E-state index in [0.717, 1.165) is 22.6 Å². The summed E-state index contributed by atoms with van der Waals surface area (Å²) < 4.78 is 7.31. The first-order valence-electron chi connectivity index (χ1n) is 7.34. The molecule has 1 aromatic carbocycles. The maximum absolute atomic E-state index is 12.4. The van der Waals surface area contributed by atoms with Crippen molar-refractivity contribution < 1.29 is 4.74 Å². The maximum atomic E-state index is 12.4. The van der Waals surface area contributed by atoms with E-state index in [1.807, 2.05) is 37.3 Å². The van der Waals surface area contributed by atoms with Crippen molar-refractivity contribution in [3.8, 4) is 5.75 Å². The SMILES string of the molecule is CCc1cc2c(=O)n(CCOc3cccc(C)c3)cnc2s1. The lowest BCUT2D eigenvalue weighted by molar-refractivity contribution is 0.296. The molecule has 0 fully saturated rings. The molecular weight excluding hydrogens is 296 g/mol. The van der Waals surface area contributed by atoms with Gasteiger partial charge in [0.1, 0.15) is 17.2 Å². The monoisotopic (exact) mass is 314 g/mol. The van der Waals surface area contributed by atoms with Gasteiger partial charge in [-0.05, 0) is 37.1 Å². The summed E-state index contributed by atoms with van der Waals surface area (Å²) in [6, 6.07) is 9.84. The second-order valence-corrected chi connectivity index (χ2v) is 6.31. The summed E-state index contributed by atoms with van der Waals surface area (Å²) in [4.78, 5) is 18.8. The molecule has 0 aliphatic rings. The standard InChI is InChI=1S/C17H18N2O2S/c1-3-14-10-15-16(22-14)18-11-19(17(15)20)7-8-21-13-6-4-5-12(2)9-13/h4-6,9-11H,3,7-8H2,1-2H3. The second-order valence-electron chi connectivity index (χ2n) is 5.19. The van der Waals surface area contributed by atoms with Crippen LogP contribution in [0, 0.1) is 6.92 Å². The van der Waals surface area contributed by atoms with Gasteiger partial charge in [0.15, 0.2) is 0 Å². The smallest absolute Gasteiger partial charge is 0.262 e. The first kappa shape index (κ1) is 14.8. The van der Waals surface area contributed by atoms with Gasteiger partial charge in [-0.25, -0.2) is 4.98 Å². The summed E-state index contributed by atoms with van der Waals surface area (Å²) in [5.74, 6) is 0.825. The van der Waals surface area contributed by atoms with E-state index in [4.69, 9.17) is 4.74 Å². The third-order valence-corrected chi connectivity index (χ3v) is 4.70. The van der Waals surface area contributed by atoms with Gasteiger partial charge in [-0.15, -0.1) is 11.3 Å². The van der Waals surface area contributed by atoms with Crippen molar-refractivity contribution >= 4 is 21.6 Å². The Kier molecular flexibility index (Phi) is 4.24. The fourth-order valence-electron chi connectivity index (χ4n) is 2.31. The number of rotatable bonds is 5. The Morgan fingerprint density at radius 1 is 1.32 bits per heavy atom. The molecule has 0 bridgehead atoms. The van der Waals surface area contributed by atoms with Gasteiger partial charge in [0.2, 0.25) is 0 Å². The molecule has 0 radical (unpaired) electrons. The summed E-state index contributed by atoms with van der Waals surface area (Å²) >= 11 is 1.59. The lowest BCUT2D eigenvalue weighted by Crippen LogP contribution is -2.23. The van der Waals surface area contributed by atoms with Crippen LogP contribution in [0.3, 0.4) is 0 Å². The zero-order valence-electron chi connectivity index (χ0n) is 12.7. The van der Waals surface area contributed by atoms with E-state index in [9.17, 15) is 4.79 Å². The Bertz CT molecular complexity index is 851. The predicted octanol–water partition coefficient (Wildman–Crippen LogP) is 3.41. The molecule has 0 aliphatic carbocycles. The van der Waals surface area contributed by atoms with Crippen molar-refractivity contribution in [2.45, 2.75) is 26.8 Å². The molecule has 0 atom stereocenters. The van der Waals surface area contributed by atoms with E-state index in [0.29, 0.717) is 18.5 Å². The summed E-state index contributed by atoms with van der Waals surface area (Å²) in [6.45, 7) is 5.05. The van der Waals surface area contributed by atoms with Crippen molar-refractivity contribution in [2.75, 3.05) is 6.61 Å². The van der Waals surface area contributed by atoms with Crippen molar-refractivity contribution in [1.29, 1.82) is 0 Å². The summed E-state index contributed by atoms with van der Waals surface area (Å²) in [6.07, 6.45) is 2.54. The highest BCUT2D eigenvalue weighted by atomic mass is 32.1. The molecule has 3 aromatic rings. The fourth-order valence-corrected chi connectivity index (χ4v) is 3.24. The number of aromatic nitrogens is 2. The third-order valence-electron chi connectivity index (χ3n) is 3.51. The summed E-state index contributed by atoms with van der Waals surface area (Å²) in [5.41, 5.74) is 1.16. The highest BCUT2D eigenvalue weighted by Gasteiger charge is 2.08. The molecule has 3 rings (SSSR count). The average molecular weight is 314 g/mol. The van der Waals surface area contributed by atoms with E-state index in [2.05, 4.69) is 11.9 Å². The zero-order valence-corrected chi connectivity index (χ0v) is 13.5. The van der Waals surface area contributed by atoms with E-state index in [-0.39, 0.29) is 5.56 Å². The fraction of sp³-hybridized carbons (Fsp3) is 0.294. The molecule has 2 aromatic heterocycles. The highest BCUT2D eigenvalue weighted by Crippen LogP contribution is 2.21. The number of benzene rings is 1. The predicted molar refractivity (Wildman–Crippen MR) is 89.9 cm³/mol. The number of nitrogens with zero attached hydrogens (tertiary/aromatic N) is 2. The summed E-state index contributed by atoms with van der Waals surface area (Å²) in [7, 11) is 0.